The third kappa shape index (κ3) is 1.92. The maximum absolute atomic E-state index is 10.7. The van der Waals surface area contributed by atoms with E-state index >= 15 is 0 Å². The molecular formula is C10H12N2O3. The molecule has 0 saturated carbocycles. The molecule has 1 N–H and O–H groups in total. The molecule has 0 atom stereocenters. The zero-order chi connectivity index (χ0) is 10.9. The Bertz CT molecular complexity index is 388. The molecule has 15 heavy (non-hydrogen) atoms. The molecule has 2 rings (SSSR count). The fraction of sp³-hybridized carbons (Fsp3) is 0.400. The molecule has 0 amide bonds. The number of para-hydroxylation sites is 2. The van der Waals surface area contributed by atoms with E-state index in [1.165, 1.54) is 6.07 Å². The molecule has 1 saturated heterocycles. The molecule has 0 radical (unpaired) electrons. The van der Waals surface area contributed by atoms with Crippen LogP contribution in [-0.4, -0.2) is 23.6 Å². The van der Waals surface area contributed by atoms with E-state index in [1.807, 2.05) is 6.92 Å². The van der Waals surface area contributed by atoms with Crippen LogP contribution in [0.15, 0.2) is 24.3 Å². The summed E-state index contributed by atoms with van der Waals surface area (Å²) in [6.45, 7) is 3.37. The summed E-state index contributed by atoms with van der Waals surface area (Å²) in [6.07, 6.45) is 0. The Hall–Kier alpha value is -1.62. The Labute approximate surface area is 87.2 Å². The smallest absolute Gasteiger partial charge is 0.310 e. The van der Waals surface area contributed by atoms with Crippen LogP contribution in [0.5, 0.6) is 5.75 Å². The zero-order valence-electron chi connectivity index (χ0n) is 8.40. The Morgan fingerprint density at radius 1 is 1.47 bits per heavy atom. The summed E-state index contributed by atoms with van der Waals surface area (Å²) >= 11 is 0. The van der Waals surface area contributed by atoms with Crippen LogP contribution < -0.4 is 10.1 Å². The van der Waals surface area contributed by atoms with Gasteiger partial charge in [-0.3, -0.25) is 10.1 Å². The fourth-order valence-corrected chi connectivity index (χ4v) is 1.51. The van der Waals surface area contributed by atoms with Gasteiger partial charge in [-0.1, -0.05) is 12.1 Å². The molecule has 1 aliphatic heterocycles. The zero-order valence-corrected chi connectivity index (χ0v) is 8.40. The predicted octanol–water partition coefficient (Wildman–Crippen LogP) is 1.34. The van der Waals surface area contributed by atoms with Crippen molar-refractivity contribution in [2.24, 2.45) is 0 Å². The quantitative estimate of drug-likeness (QED) is 0.601. The molecule has 1 aliphatic rings. The first-order valence-electron chi connectivity index (χ1n) is 4.74. The molecule has 0 spiro atoms. The highest BCUT2D eigenvalue weighted by Gasteiger charge is 2.35. The van der Waals surface area contributed by atoms with E-state index in [4.69, 9.17) is 4.74 Å². The number of nitro benzene ring substituents is 1. The summed E-state index contributed by atoms with van der Waals surface area (Å²) in [5.41, 5.74) is -0.294. The minimum absolute atomic E-state index is 0.0191. The van der Waals surface area contributed by atoms with Crippen molar-refractivity contribution in [3.63, 3.8) is 0 Å². The van der Waals surface area contributed by atoms with Crippen LogP contribution in [0, 0.1) is 10.1 Å². The average Bonchev–Trinajstić information content (AvgIpc) is 2.16. The molecule has 1 aromatic rings. The van der Waals surface area contributed by atoms with Gasteiger partial charge in [0.25, 0.3) is 0 Å². The first kappa shape index (κ1) is 9.92. The summed E-state index contributed by atoms with van der Waals surface area (Å²) in [7, 11) is 0. The Balaban J connectivity index is 2.23. The Morgan fingerprint density at radius 2 is 2.13 bits per heavy atom. The second kappa shape index (κ2) is 3.51. The number of nitrogens with zero attached hydrogens (tertiary/aromatic N) is 1. The highest BCUT2D eigenvalue weighted by atomic mass is 16.6. The fourth-order valence-electron chi connectivity index (χ4n) is 1.51. The summed E-state index contributed by atoms with van der Waals surface area (Å²) in [5.74, 6) is 0.339. The molecular weight excluding hydrogens is 196 g/mol. The number of nitro groups is 1. The van der Waals surface area contributed by atoms with Gasteiger partial charge in [-0.25, -0.2) is 0 Å². The lowest BCUT2D eigenvalue weighted by atomic mass is 10.00. The number of hydrogen-bond donors (Lipinski definition) is 1. The number of benzene rings is 1. The van der Waals surface area contributed by atoms with E-state index in [2.05, 4.69) is 5.32 Å². The van der Waals surface area contributed by atoms with E-state index in [-0.39, 0.29) is 11.3 Å². The van der Waals surface area contributed by atoms with Gasteiger partial charge in [0.15, 0.2) is 5.75 Å². The predicted molar refractivity (Wildman–Crippen MR) is 55.0 cm³/mol. The second-order valence-corrected chi connectivity index (χ2v) is 3.88. The summed E-state index contributed by atoms with van der Waals surface area (Å²) in [6, 6.07) is 6.44. The van der Waals surface area contributed by atoms with Crippen molar-refractivity contribution in [1.29, 1.82) is 0 Å². The summed E-state index contributed by atoms with van der Waals surface area (Å²) < 4.78 is 5.63. The summed E-state index contributed by atoms with van der Waals surface area (Å²) in [4.78, 5) is 10.3. The maximum Gasteiger partial charge on any atom is 0.310 e. The Morgan fingerprint density at radius 3 is 2.67 bits per heavy atom. The molecule has 1 aromatic carbocycles. The van der Waals surface area contributed by atoms with Crippen molar-refractivity contribution in [1.82, 2.24) is 5.32 Å². The molecule has 5 nitrogen and oxygen atoms in total. The van der Waals surface area contributed by atoms with Crippen molar-refractivity contribution in [3.05, 3.63) is 34.4 Å². The highest BCUT2D eigenvalue weighted by Crippen LogP contribution is 2.30. The standard InChI is InChI=1S/C10H12N2O3/c1-10(6-11-7-10)15-9-5-3-2-4-8(9)12(13)14/h2-5,11H,6-7H2,1H3. The molecule has 0 aromatic heterocycles. The number of ether oxygens (including phenoxy) is 1. The van der Waals surface area contributed by atoms with E-state index in [0.29, 0.717) is 5.75 Å². The number of nitrogens with one attached hydrogen (secondary N) is 1. The minimum atomic E-state index is -0.426. The van der Waals surface area contributed by atoms with Gasteiger partial charge in [-0.2, -0.15) is 0 Å². The van der Waals surface area contributed by atoms with Crippen molar-refractivity contribution < 1.29 is 9.66 Å². The molecule has 0 aliphatic carbocycles. The molecule has 0 bridgehead atoms. The van der Waals surface area contributed by atoms with Crippen molar-refractivity contribution in [3.8, 4) is 5.75 Å². The minimum Gasteiger partial charge on any atom is -0.478 e. The van der Waals surface area contributed by atoms with E-state index < -0.39 is 4.92 Å². The average molecular weight is 208 g/mol. The topological polar surface area (TPSA) is 64.4 Å². The normalized spacial score (nSPS) is 17.9. The van der Waals surface area contributed by atoms with Gasteiger partial charge in [-0.15, -0.1) is 0 Å². The number of hydrogen-bond acceptors (Lipinski definition) is 4. The summed E-state index contributed by atoms with van der Waals surface area (Å²) in [5, 5.41) is 13.8. The van der Waals surface area contributed by atoms with Crippen molar-refractivity contribution >= 4 is 5.69 Å². The van der Waals surface area contributed by atoms with Gasteiger partial charge in [0.05, 0.1) is 4.92 Å². The third-order valence-electron chi connectivity index (χ3n) is 2.42. The first-order chi connectivity index (χ1) is 7.11. The van der Waals surface area contributed by atoms with E-state index in [9.17, 15) is 10.1 Å². The number of rotatable bonds is 3. The van der Waals surface area contributed by atoms with Crippen LogP contribution in [0.25, 0.3) is 0 Å². The van der Waals surface area contributed by atoms with E-state index in [0.717, 1.165) is 13.1 Å². The van der Waals surface area contributed by atoms with Gasteiger partial charge in [0.2, 0.25) is 0 Å². The monoisotopic (exact) mass is 208 g/mol. The lowest BCUT2D eigenvalue weighted by Crippen LogP contribution is -2.61. The van der Waals surface area contributed by atoms with Gasteiger partial charge in [0, 0.05) is 19.2 Å². The molecule has 1 fully saturated rings. The maximum atomic E-state index is 10.7. The van der Waals surface area contributed by atoms with Crippen LogP contribution in [-0.2, 0) is 0 Å². The molecule has 80 valence electrons. The third-order valence-corrected chi connectivity index (χ3v) is 2.42. The highest BCUT2D eigenvalue weighted by molar-refractivity contribution is 5.46. The molecule has 0 unspecified atom stereocenters. The van der Waals surface area contributed by atoms with Crippen LogP contribution in [0.2, 0.25) is 0 Å². The lowest BCUT2D eigenvalue weighted by molar-refractivity contribution is -0.386. The lowest BCUT2D eigenvalue weighted by Gasteiger charge is -2.39. The van der Waals surface area contributed by atoms with Crippen LogP contribution >= 0.6 is 0 Å². The van der Waals surface area contributed by atoms with E-state index in [1.54, 1.807) is 18.2 Å². The van der Waals surface area contributed by atoms with Crippen LogP contribution in [0.1, 0.15) is 6.92 Å². The van der Waals surface area contributed by atoms with Crippen LogP contribution in [0.3, 0.4) is 0 Å². The van der Waals surface area contributed by atoms with Gasteiger partial charge in [0.1, 0.15) is 5.60 Å². The Kier molecular flexibility index (Phi) is 2.32. The molecule has 5 heteroatoms. The SMILES string of the molecule is CC1(Oc2ccccc2[N+](=O)[O-])CNC1. The van der Waals surface area contributed by atoms with Gasteiger partial charge >= 0.3 is 5.69 Å². The van der Waals surface area contributed by atoms with Gasteiger partial charge in [-0.05, 0) is 13.0 Å². The largest absolute Gasteiger partial charge is 0.478 e. The second-order valence-electron chi connectivity index (χ2n) is 3.88. The van der Waals surface area contributed by atoms with Crippen LogP contribution in [0.4, 0.5) is 5.69 Å². The van der Waals surface area contributed by atoms with Gasteiger partial charge < -0.3 is 10.1 Å². The molecule has 1 heterocycles. The van der Waals surface area contributed by atoms with Crippen molar-refractivity contribution in [2.75, 3.05) is 13.1 Å². The first-order valence-corrected chi connectivity index (χ1v) is 4.74. The van der Waals surface area contributed by atoms with Crippen molar-refractivity contribution in [2.45, 2.75) is 12.5 Å².